The minimum Gasteiger partial charge on any atom is -0.264 e. The molecule has 0 N–H and O–H groups in total. The molecule has 4 aromatic rings. The Kier molecular flexibility index (Phi) is 3.98. The van der Waals surface area contributed by atoms with Crippen molar-refractivity contribution in [3.8, 4) is 33.9 Å². The Morgan fingerprint density at radius 3 is 2.30 bits per heavy atom. The fraction of sp³-hybridized carbons (Fsp3) is 0.125. The quantitative estimate of drug-likeness (QED) is 0.489. The van der Waals surface area contributed by atoms with Gasteiger partial charge in [-0.15, -0.1) is 0 Å². The van der Waals surface area contributed by atoms with E-state index in [1.54, 1.807) is 6.20 Å². The smallest absolute Gasteiger partial charge is 0.160 e. The van der Waals surface area contributed by atoms with Crippen molar-refractivity contribution in [2.75, 3.05) is 0 Å². The second-order valence-electron chi connectivity index (χ2n) is 6.84. The number of benzene rings is 2. The number of rotatable bonds is 2. The topological polar surface area (TPSA) is 38.7 Å². The van der Waals surface area contributed by atoms with Crippen molar-refractivity contribution in [2.24, 2.45) is 0 Å². The van der Waals surface area contributed by atoms with E-state index in [9.17, 15) is 0 Å². The Hall–Kier alpha value is -3.33. The number of pyridine rings is 1. The Morgan fingerprint density at radius 2 is 1.44 bits per heavy atom. The average molecular weight is 349 g/mol. The van der Waals surface area contributed by atoms with Crippen molar-refractivity contribution in [2.45, 2.75) is 19.3 Å². The molecule has 0 atom stereocenters. The van der Waals surface area contributed by atoms with Crippen LogP contribution in [0.15, 0.2) is 79.1 Å². The lowest BCUT2D eigenvalue weighted by Gasteiger charge is -2.15. The van der Waals surface area contributed by atoms with Crippen LogP contribution < -0.4 is 0 Å². The van der Waals surface area contributed by atoms with Gasteiger partial charge in [0.25, 0.3) is 0 Å². The zero-order chi connectivity index (χ0) is 18.1. The van der Waals surface area contributed by atoms with Gasteiger partial charge in [0.15, 0.2) is 5.82 Å². The van der Waals surface area contributed by atoms with Crippen LogP contribution in [0.3, 0.4) is 0 Å². The largest absolute Gasteiger partial charge is 0.264 e. The van der Waals surface area contributed by atoms with Crippen LogP contribution in [0.2, 0.25) is 0 Å². The number of aromatic nitrogens is 3. The first-order valence-corrected chi connectivity index (χ1v) is 9.35. The van der Waals surface area contributed by atoms with Gasteiger partial charge in [0.1, 0.15) is 0 Å². The van der Waals surface area contributed by atoms with E-state index in [-0.39, 0.29) is 0 Å². The summed E-state index contributed by atoms with van der Waals surface area (Å²) in [6.45, 7) is 0. The van der Waals surface area contributed by atoms with Crippen LogP contribution in [0.25, 0.3) is 33.9 Å². The molecule has 0 aliphatic heterocycles. The first-order valence-electron chi connectivity index (χ1n) is 9.35. The molecule has 0 bridgehead atoms. The molecule has 2 heterocycles. The second-order valence-corrected chi connectivity index (χ2v) is 6.84. The molecule has 3 heteroatoms. The third kappa shape index (κ3) is 2.91. The third-order valence-corrected chi connectivity index (χ3v) is 5.12. The molecular weight excluding hydrogens is 330 g/mol. The van der Waals surface area contributed by atoms with Gasteiger partial charge in [0, 0.05) is 34.6 Å². The zero-order valence-corrected chi connectivity index (χ0v) is 15.0. The van der Waals surface area contributed by atoms with Crippen molar-refractivity contribution in [1.29, 1.82) is 0 Å². The van der Waals surface area contributed by atoms with Crippen LogP contribution >= 0.6 is 0 Å². The SMILES string of the molecule is c1ccc(-c2nc(-c3cccnc3)c3c(n2)-c2ccccc2CCC3)cc1. The lowest BCUT2D eigenvalue weighted by molar-refractivity contribution is 0.831. The molecule has 2 aromatic heterocycles. The molecule has 130 valence electrons. The number of fused-ring (bicyclic) bond motifs is 3. The van der Waals surface area contributed by atoms with E-state index < -0.39 is 0 Å². The standard InChI is InChI=1S/C24H19N3/c1-2-9-18(10-3-1)24-26-22(19-12-7-15-25-16-19)21-14-6-11-17-8-4-5-13-20(17)23(21)27-24/h1-5,7-10,12-13,15-16H,6,11,14H2. The van der Waals surface area contributed by atoms with Crippen LogP contribution in [0.4, 0.5) is 0 Å². The lowest BCUT2D eigenvalue weighted by atomic mass is 9.98. The van der Waals surface area contributed by atoms with Crippen molar-refractivity contribution >= 4 is 0 Å². The van der Waals surface area contributed by atoms with Crippen molar-refractivity contribution in [3.05, 3.63) is 90.3 Å². The highest BCUT2D eigenvalue weighted by molar-refractivity contribution is 5.78. The predicted octanol–water partition coefficient (Wildman–Crippen LogP) is 5.36. The molecule has 0 amide bonds. The fourth-order valence-electron chi connectivity index (χ4n) is 3.83. The molecule has 1 aliphatic carbocycles. The molecule has 3 nitrogen and oxygen atoms in total. The molecule has 0 spiro atoms. The normalized spacial score (nSPS) is 12.7. The van der Waals surface area contributed by atoms with Gasteiger partial charge in [-0.25, -0.2) is 9.97 Å². The molecule has 27 heavy (non-hydrogen) atoms. The summed E-state index contributed by atoms with van der Waals surface area (Å²) in [7, 11) is 0. The lowest BCUT2D eigenvalue weighted by Crippen LogP contribution is -2.02. The third-order valence-electron chi connectivity index (χ3n) is 5.12. The summed E-state index contributed by atoms with van der Waals surface area (Å²) in [4.78, 5) is 14.3. The molecular formula is C24H19N3. The maximum Gasteiger partial charge on any atom is 0.160 e. The van der Waals surface area contributed by atoms with Gasteiger partial charge in [-0.2, -0.15) is 0 Å². The van der Waals surface area contributed by atoms with Gasteiger partial charge in [-0.05, 0) is 37.0 Å². The molecule has 0 radical (unpaired) electrons. The van der Waals surface area contributed by atoms with Gasteiger partial charge in [0.2, 0.25) is 0 Å². The highest BCUT2D eigenvalue weighted by Crippen LogP contribution is 2.37. The number of hydrogen-bond donors (Lipinski definition) is 0. The molecule has 5 rings (SSSR count). The van der Waals surface area contributed by atoms with E-state index in [2.05, 4.69) is 47.4 Å². The Balaban J connectivity index is 1.82. The van der Waals surface area contributed by atoms with E-state index in [4.69, 9.17) is 9.97 Å². The summed E-state index contributed by atoms with van der Waals surface area (Å²) in [5, 5.41) is 0. The summed E-state index contributed by atoms with van der Waals surface area (Å²) in [6, 6.07) is 22.9. The summed E-state index contributed by atoms with van der Waals surface area (Å²) in [5.41, 5.74) is 7.98. The Labute approximate surface area is 158 Å². The maximum absolute atomic E-state index is 5.04. The molecule has 0 saturated carbocycles. The van der Waals surface area contributed by atoms with Crippen LogP contribution in [0.5, 0.6) is 0 Å². The first kappa shape index (κ1) is 15.9. The predicted molar refractivity (Wildman–Crippen MR) is 108 cm³/mol. The molecule has 0 unspecified atom stereocenters. The highest BCUT2D eigenvalue weighted by Gasteiger charge is 2.22. The molecule has 1 aliphatic rings. The summed E-state index contributed by atoms with van der Waals surface area (Å²) in [5.74, 6) is 0.768. The maximum atomic E-state index is 5.04. The van der Waals surface area contributed by atoms with Crippen molar-refractivity contribution in [1.82, 2.24) is 15.0 Å². The Bertz CT molecular complexity index is 1090. The van der Waals surface area contributed by atoms with E-state index in [0.29, 0.717) is 0 Å². The minimum atomic E-state index is 0.768. The van der Waals surface area contributed by atoms with Crippen LogP contribution in [-0.4, -0.2) is 15.0 Å². The second kappa shape index (κ2) is 6.76. The molecule has 0 saturated heterocycles. The van der Waals surface area contributed by atoms with Gasteiger partial charge in [-0.1, -0.05) is 54.6 Å². The molecule has 2 aromatic carbocycles. The van der Waals surface area contributed by atoms with Crippen LogP contribution in [0.1, 0.15) is 17.5 Å². The van der Waals surface area contributed by atoms with Crippen LogP contribution in [-0.2, 0) is 12.8 Å². The molecule has 0 fully saturated rings. The fourth-order valence-corrected chi connectivity index (χ4v) is 3.83. The number of aryl methyl sites for hydroxylation is 1. The minimum absolute atomic E-state index is 0.768. The summed E-state index contributed by atoms with van der Waals surface area (Å²) >= 11 is 0. The van der Waals surface area contributed by atoms with Gasteiger partial charge < -0.3 is 0 Å². The number of hydrogen-bond acceptors (Lipinski definition) is 3. The first-order chi connectivity index (χ1) is 13.4. The highest BCUT2D eigenvalue weighted by atomic mass is 14.9. The zero-order valence-electron chi connectivity index (χ0n) is 15.0. The van der Waals surface area contributed by atoms with E-state index in [1.165, 1.54) is 16.7 Å². The van der Waals surface area contributed by atoms with E-state index in [1.807, 2.05) is 30.5 Å². The van der Waals surface area contributed by atoms with Gasteiger partial charge in [-0.3, -0.25) is 4.98 Å². The average Bonchev–Trinajstić information content (AvgIpc) is 2.94. The monoisotopic (exact) mass is 349 g/mol. The van der Waals surface area contributed by atoms with Crippen molar-refractivity contribution < 1.29 is 0 Å². The Morgan fingerprint density at radius 1 is 0.667 bits per heavy atom. The van der Waals surface area contributed by atoms with Gasteiger partial charge in [0.05, 0.1) is 11.4 Å². The van der Waals surface area contributed by atoms with Crippen LogP contribution in [0, 0.1) is 0 Å². The van der Waals surface area contributed by atoms with Gasteiger partial charge >= 0.3 is 0 Å². The summed E-state index contributed by atoms with van der Waals surface area (Å²) < 4.78 is 0. The van der Waals surface area contributed by atoms with E-state index in [0.717, 1.165) is 47.6 Å². The van der Waals surface area contributed by atoms with E-state index >= 15 is 0 Å². The van der Waals surface area contributed by atoms with Crippen molar-refractivity contribution in [3.63, 3.8) is 0 Å². The summed E-state index contributed by atoms with van der Waals surface area (Å²) in [6.07, 6.45) is 6.85. The number of nitrogens with zero attached hydrogens (tertiary/aromatic N) is 3.